The number of hydrogen-bond donors (Lipinski definition) is 1. The second kappa shape index (κ2) is 8.95. The lowest BCUT2D eigenvalue weighted by Crippen LogP contribution is -2.43. The van der Waals surface area contributed by atoms with Gasteiger partial charge in [-0.1, -0.05) is 30.9 Å². The summed E-state index contributed by atoms with van der Waals surface area (Å²) in [7, 11) is 0. The first-order valence-corrected chi connectivity index (χ1v) is 10.3. The van der Waals surface area contributed by atoms with Crippen LogP contribution in [0.5, 0.6) is 0 Å². The molecule has 1 aromatic carbocycles. The third kappa shape index (κ3) is 4.75. The summed E-state index contributed by atoms with van der Waals surface area (Å²) in [5.74, 6) is 0.447. The number of aliphatic hydroxyl groups excluding tert-OH is 1. The minimum Gasteiger partial charge on any atom is -0.384 e. The molecule has 1 saturated heterocycles. The molecule has 1 aromatic rings. The number of halogens is 1. The van der Waals surface area contributed by atoms with E-state index in [1.807, 2.05) is 12.1 Å². The van der Waals surface area contributed by atoms with Crippen molar-refractivity contribution in [2.24, 2.45) is 5.92 Å². The van der Waals surface area contributed by atoms with E-state index in [9.17, 15) is 9.90 Å². The quantitative estimate of drug-likeness (QED) is 0.835. The SMILES string of the molecule is C[C@@H](O)C(=O)N1CCC(N(CC2CCCCC2)c2ccc(C#N)c(Cl)c2)C1. The number of amides is 1. The van der Waals surface area contributed by atoms with Crippen molar-refractivity contribution in [3.63, 3.8) is 0 Å². The van der Waals surface area contributed by atoms with Crippen LogP contribution in [-0.4, -0.2) is 47.7 Å². The van der Waals surface area contributed by atoms with Crippen LogP contribution in [0.1, 0.15) is 51.0 Å². The van der Waals surface area contributed by atoms with Gasteiger partial charge in [0.2, 0.25) is 0 Å². The van der Waals surface area contributed by atoms with E-state index in [1.54, 1.807) is 11.0 Å². The number of hydrogen-bond acceptors (Lipinski definition) is 4. The highest BCUT2D eigenvalue weighted by molar-refractivity contribution is 6.32. The van der Waals surface area contributed by atoms with E-state index >= 15 is 0 Å². The van der Waals surface area contributed by atoms with Crippen LogP contribution in [0.15, 0.2) is 18.2 Å². The molecule has 5 nitrogen and oxygen atoms in total. The summed E-state index contributed by atoms with van der Waals surface area (Å²) in [6.45, 7) is 3.76. The second-order valence-corrected chi connectivity index (χ2v) is 8.24. The lowest BCUT2D eigenvalue weighted by atomic mass is 9.88. The maximum atomic E-state index is 12.2. The van der Waals surface area contributed by atoms with E-state index in [4.69, 9.17) is 16.9 Å². The fourth-order valence-electron chi connectivity index (χ4n) is 4.35. The summed E-state index contributed by atoms with van der Waals surface area (Å²) in [4.78, 5) is 16.3. The molecule has 146 valence electrons. The number of benzene rings is 1. The van der Waals surface area contributed by atoms with Gasteiger partial charge in [-0.05, 0) is 50.3 Å². The van der Waals surface area contributed by atoms with E-state index in [1.165, 1.54) is 39.0 Å². The lowest BCUT2D eigenvalue weighted by molar-refractivity contribution is -0.138. The molecule has 1 amide bonds. The summed E-state index contributed by atoms with van der Waals surface area (Å²) in [5, 5.41) is 19.2. The topological polar surface area (TPSA) is 67.6 Å². The molecule has 0 radical (unpaired) electrons. The molecule has 1 N–H and O–H groups in total. The Balaban J connectivity index is 1.81. The van der Waals surface area contributed by atoms with Crippen molar-refractivity contribution in [1.82, 2.24) is 4.90 Å². The Hall–Kier alpha value is -1.77. The molecule has 1 heterocycles. The van der Waals surface area contributed by atoms with Gasteiger partial charge in [0, 0.05) is 31.4 Å². The Labute approximate surface area is 166 Å². The maximum absolute atomic E-state index is 12.2. The molecule has 1 aliphatic carbocycles. The zero-order valence-electron chi connectivity index (χ0n) is 15.9. The highest BCUT2D eigenvalue weighted by atomic mass is 35.5. The number of rotatable bonds is 5. The molecule has 0 aromatic heterocycles. The third-order valence-corrected chi connectivity index (χ3v) is 6.17. The molecular weight excluding hydrogens is 362 g/mol. The molecule has 27 heavy (non-hydrogen) atoms. The van der Waals surface area contributed by atoms with Crippen LogP contribution in [0.2, 0.25) is 5.02 Å². The summed E-state index contributed by atoms with van der Waals surface area (Å²) in [6.07, 6.45) is 6.28. The minimum absolute atomic E-state index is 0.201. The van der Waals surface area contributed by atoms with Crippen LogP contribution < -0.4 is 4.90 Å². The van der Waals surface area contributed by atoms with Gasteiger partial charge >= 0.3 is 0 Å². The Morgan fingerprint density at radius 1 is 1.37 bits per heavy atom. The second-order valence-electron chi connectivity index (χ2n) is 7.84. The Bertz CT molecular complexity index is 710. The van der Waals surface area contributed by atoms with Gasteiger partial charge in [0.05, 0.1) is 10.6 Å². The normalized spacial score (nSPS) is 21.7. The maximum Gasteiger partial charge on any atom is 0.251 e. The Morgan fingerprint density at radius 3 is 2.74 bits per heavy atom. The van der Waals surface area contributed by atoms with Gasteiger partial charge in [-0.15, -0.1) is 0 Å². The van der Waals surface area contributed by atoms with Crippen molar-refractivity contribution in [1.29, 1.82) is 5.26 Å². The highest BCUT2D eigenvalue weighted by Crippen LogP contribution is 2.32. The van der Waals surface area contributed by atoms with Crippen molar-refractivity contribution in [2.75, 3.05) is 24.5 Å². The first-order valence-electron chi connectivity index (χ1n) is 9.92. The molecule has 2 fully saturated rings. The van der Waals surface area contributed by atoms with Gasteiger partial charge in [-0.25, -0.2) is 0 Å². The molecule has 2 aliphatic rings. The lowest BCUT2D eigenvalue weighted by Gasteiger charge is -2.36. The van der Waals surface area contributed by atoms with E-state index in [2.05, 4.69) is 11.0 Å². The molecule has 1 aliphatic heterocycles. The first kappa shape index (κ1) is 20.0. The Kier molecular flexibility index (Phi) is 6.62. The predicted octanol–water partition coefficient (Wildman–Crippen LogP) is 3.58. The predicted molar refractivity (Wildman–Crippen MR) is 107 cm³/mol. The number of nitrogens with zero attached hydrogens (tertiary/aromatic N) is 3. The Morgan fingerprint density at radius 2 is 2.11 bits per heavy atom. The number of nitriles is 1. The average Bonchev–Trinajstić information content (AvgIpc) is 3.16. The molecule has 1 unspecified atom stereocenters. The number of carbonyl (C=O) groups is 1. The highest BCUT2D eigenvalue weighted by Gasteiger charge is 2.33. The van der Waals surface area contributed by atoms with Crippen molar-refractivity contribution < 1.29 is 9.90 Å². The standard InChI is InChI=1S/C21H28ClN3O2/c1-15(26)21(27)24-10-9-19(14-24)25(13-16-5-3-2-4-6-16)18-8-7-17(12-23)20(22)11-18/h7-8,11,15-16,19,26H,2-6,9-10,13-14H2,1H3/t15-,19?/m1/s1. The molecular formula is C21H28ClN3O2. The van der Waals surface area contributed by atoms with Gasteiger partial charge in [-0.3, -0.25) is 4.79 Å². The molecule has 3 rings (SSSR count). The van der Waals surface area contributed by atoms with E-state index in [0.717, 1.165) is 18.7 Å². The summed E-state index contributed by atoms with van der Waals surface area (Å²) in [5.41, 5.74) is 1.50. The van der Waals surface area contributed by atoms with Crippen LogP contribution in [0.25, 0.3) is 0 Å². The van der Waals surface area contributed by atoms with Crippen molar-refractivity contribution >= 4 is 23.2 Å². The van der Waals surface area contributed by atoms with Crippen molar-refractivity contribution in [3.8, 4) is 6.07 Å². The summed E-state index contributed by atoms with van der Waals surface area (Å²) < 4.78 is 0. The van der Waals surface area contributed by atoms with Crippen LogP contribution in [0, 0.1) is 17.2 Å². The van der Waals surface area contributed by atoms with Gasteiger partial charge < -0.3 is 14.9 Å². The van der Waals surface area contributed by atoms with Gasteiger partial charge in [-0.2, -0.15) is 5.26 Å². The number of likely N-dealkylation sites (tertiary alicyclic amines) is 1. The van der Waals surface area contributed by atoms with Gasteiger partial charge in [0.15, 0.2) is 0 Å². The number of anilines is 1. The fraction of sp³-hybridized carbons (Fsp3) is 0.619. The third-order valence-electron chi connectivity index (χ3n) is 5.86. The van der Waals surface area contributed by atoms with Gasteiger partial charge in [0.25, 0.3) is 5.91 Å². The van der Waals surface area contributed by atoms with Crippen molar-refractivity contribution in [2.45, 2.75) is 57.6 Å². The smallest absolute Gasteiger partial charge is 0.251 e. The summed E-state index contributed by atoms with van der Waals surface area (Å²) in [6, 6.07) is 7.94. The van der Waals surface area contributed by atoms with E-state index < -0.39 is 6.10 Å². The van der Waals surface area contributed by atoms with E-state index in [-0.39, 0.29) is 11.9 Å². The van der Waals surface area contributed by atoms with Crippen LogP contribution >= 0.6 is 11.6 Å². The van der Waals surface area contributed by atoms with Crippen LogP contribution in [0.4, 0.5) is 5.69 Å². The molecule has 6 heteroatoms. The van der Waals surface area contributed by atoms with E-state index in [0.29, 0.717) is 29.6 Å². The first-order chi connectivity index (χ1) is 13.0. The number of carbonyl (C=O) groups excluding carboxylic acids is 1. The van der Waals surface area contributed by atoms with Gasteiger partial charge in [0.1, 0.15) is 12.2 Å². The summed E-state index contributed by atoms with van der Waals surface area (Å²) >= 11 is 6.30. The number of aliphatic hydroxyl groups is 1. The average molecular weight is 390 g/mol. The fourth-order valence-corrected chi connectivity index (χ4v) is 4.56. The molecule has 0 bridgehead atoms. The zero-order valence-corrected chi connectivity index (χ0v) is 16.7. The molecule has 1 saturated carbocycles. The minimum atomic E-state index is -0.958. The molecule has 0 spiro atoms. The monoisotopic (exact) mass is 389 g/mol. The largest absolute Gasteiger partial charge is 0.384 e. The van der Waals surface area contributed by atoms with Crippen molar-refractivity contribution in [3.05, 3.63) is 28.8 Å². The van der Waals surface area contributed by atoms with Crippen LogP contribution in [-0.2, 0) is 4.79 Å². The molecule has 2 atom stereocenters. The van der Waals surface area contributed by atoms with Crippen LogP contribution in [0.3, 0.4) is 0 Å². The zero-order chi connectivity index (χ0) is 19.4.